The summed E-state index contributed by atoms with van der Waals surface area (Å²) in [6.45, 7) is 5.27. The normalized spacial score (nSPS) is 10.2. The first kappa shape index (κ1) is 11.7. The summed E-state index contributed by atoms with van der Waals surface area (Å²) in [4.78, 5) is 0. The molecule has 0 aliphatic heterocycles. The highest BCUT2D eigenvalue weighted by atomic mass is 14.9. The van der Waals surface area contributed by atoms with E-state index in [1.807, 2.05) is 0 Å². The summed E-state index contributed by atoms with van der Waals surface area (Å²) in [6, 6.07) is 17.1. The van der Waals surface area contributed by atoms with Crippen LogP contribution in [0, 0.1) is 13.8 Å². The predicted molar refractivity (Wildman–Crippen MR) is 74.6 cm³/mol. The minimum Gasteiger partial charge on any atom is -0.385 e. The maximum atomic E-state index is 3.46. The summed E-state index contributed by atoms with van der Waals surface area (Å²) in [5, 5.41) is 3.46. The minimum atomic E-state index is 0.980. The van der Waals surface area contributed by atoms with Crippen molar-refractivity contribution >= 4 is 5.69 Å². The number of rotatable bonds is 4. The third kappa shape index (κ3) is 3.35. The van der Waals surface area contributed by atoms with Gasteiger partial charge in [0, 0.05) is 12.2 Å². The molecule has 1 N–H and O–H groups in total. The van der Waals surface area contributed by atoms with E-state index in [9.17, 15) is 0 Å². The van der Waals surface area contributed by atoms with E-state index >= 15 is 0 Å². The van der Waals surface area contributed by atoms with Crippen LogP contribution in [-0.2, 0) is 6.42 Å². The van der Waals surface area contributed by atoms with E-state index in [2.05, 4.69) is 67.7 Å². The Hall–Kier alpha value is -1.76. The second-order valence-corrected chi connectivity index (χ2v) is 4.47. The maximum Gasteiger partial charge on any atom is 0.0342 e. The quantitative estimate of drug-likeness (QED) is 0.830. The molecule has 0 saturated carbocycles. The van der Waals surface area contributed by atoms with Crippen molar-refractivity contribution < 1.29 is 0 Å². The minimum absolute atomic E-state index is 0.980. The van der Waals surface area contributed by atoms with E-state index in [0.717, 1.165) is 13.0 Å². The van der Waals surface area contributed by atoms with Crippen molar-refractivity contribution in [2.75, 3.05) is 11.9 Å². The Balaban J connectivity index is 1.90. The molecule has 17 heavy (non-hydrogen) atoms. The van der Waals surface area contributed by atoms with Gasteiger partial charge in [-0.15, -0.1) is 0 Å². The Labute approximate surface area is 103 Å². The SMILES string of the molecule is Cc1cccc(NCCc2ccccc2C)c1. The fourth-order valence-corrected chi connectivity index (χ4v) is 1.99. The van der Waals surface area contributed by atoms with Crippen molar-refractivity contribution in [2.24, 2.45) is 0 Å². The summed E-state index contributed by atoms with van der Waals surface area (Å²) in [7, 11) is 0. The van der Waals surface area contributed by atoms with E-state index in [1.165, 1.54) is 22.4 Å². The van der Waals surface area contributed by atoms with Crippen LogP contribution >= 0.6 is 0 Å². The van der Waals surface area contributed by atoms with Gasteiger partial charge >= 0.3 is 0 Å². The van der Waals surface area contributed by atoms with Crippen LogP contribution in [0.15, 0.2) is 48.5 Å². The van der Waals surface area contributed by atoms with E-state index in [1.54, 1.807) is 0 Å². The molecule has 0 aromatic heterocycles. The zero-order valence-corrected chi connectivity index (χ0v) is 10.5. The first-order valence-electron chi connectivity index (χ1n) is 6.11. The summed E-state index contributed by atoms with van der Waals surface area (Å²) >= 11 is 0. The highest BCUT2D eigenvalue weighted by molar-refractivity contribution is 5.45. The molecule has 1 nitrogen and oxygen atoms in total. The van der Waals surface area contributed by atoms with Gasteiger partial charge in [0.1, 0.15) is 0 Å². The number of hydrogen-bond acceptors (Lipinski definition) is 1. The number of benzene rings is 2. The fraction of sp³-hybridized carbons (Fsp3) is 0.250. The lowest BCUT2D eigenvalue weighted by Crippen LogP contribution is -2.05. The third-order valence-electron chi connectivity index (χ3n) is 3.00. The van der Waals surface area contributed by atoms with Crippen LogP contribution in [0.2, 0.25) is 0 Å². The van der Waals surface area contributed by atoms with Crippen molar-refractivity contribution in [3.8, 4) is 0 Å². The van der Waals surface area contributed by atoms with Crippen molar-refractivity contribution in [2.45, 2.75) is 20.3 Å². The lowest BCUT2D eigenvalue weighted by Gasteiger charge is -2.08. The van der Waals surface area contributed by atoms with Crippen molar-refractivity contribution in [3.63, 3.8) is 0 Å². The van der Waals surface area contributed by atoms with Crippen LogP contribution in [-0.4, -0.2) is 6.54 Å². The summed E-state index contributed by atoms with van der Waals surface area (Å²) < 4.78 is 0. The molecule has 0 amide bonds. The molecule has 0 spiro atoms. The Morgan fingerprint density at radius 2 is 1.76 bits per heavy atom. The lowest BCUT2D eigenvalue weighted by atomic mass is 10.1. The Morgan fingerprint density at radius 3 is 2.53 bits per heavy atom. The monoisotopic (exact) mass is 225 g/mol. The number of aryl methyl sites for hydroxylation is 2. The highest BCUT2D eigenvalue weighted by Gasteiger charge is 1.97. The van der Waals surface area contributed by atoms with E-state index in [0.29, 0.717) is 0 Å². The molecule has 2 aromatic rings. The highest BCUT2D eigenvalue weighted by Crippen LogP contribution is 2.11. The molecule has 0 saturated heterocycles. The maximum absolute atomic E-state index is 3.46. The molecular weight excluding hydrogens is 206 g/mol. The Kier molecular flexibility index (Phi) is 3.81. The lowest BCUT2D eigenvalue weighted by molar-refractivity contribution is 1.00. The average molecular weight is 225 g/mol. The van der Waals surface area contributed by atoms with E-state index in [-0.39, 0.29) is 0 Å². The molecule has 0 heterocycles. The molecule has 2 aromatic carbocycles. The van der Waals surface area contributed by atoms with Gasteiger partial charge in [0.15, 0.2) is 0 Å². The van der Waals surface area contributed by atoms with Crippen molar-refractivity contribution in [3.05, 3.63) is 65.2 Å². The largest absolute Gasteiger partial charge is 0.385 e. The average Bonchev–Trinajstić information content (AvgIpc) is 2.32. The van der Waals surface area contributed by atoms with Gasteiger partial charge in [-0.1, -0.05) is 36.4 Å². The van der Waals surface area contributed by atoms with E-state index in [4.69, 9.17) is 0 Å². The van der Waals surface area contributed by atoms with Crippen LogP contribution in [0.3, 0.4) is 0 Å². The third-order valence-corrected chi connectivity index (χ3v) is 3.00. The summed E-state index contributed by atoms with van der Waals surface area (Å²) in [6.07, 6.45) is 1.07. The van der Waals surface area contributed by atoms with Crippen LogP contribution < -0.4 is 5.32 Å². The first-order valence-corrected chi connectivity index (χ1v) is 6.11. The summed E-state index contributed by atoms with van der Waals surface area (Å²) in [5.74, 6) is 0. The molecule has 0 bridgehead atoms. The number of anilines is 1. The van der Waals surface area contributed by atoms with Crippen molar-refractivity contribution in [1.82, 2.24) is 0 Å². The molecule has 2 rings (SSSR count). The standard InChI is InChI=1S/C16H19N/c1-13-6-5-9-16(12-13)17-11-10-15-8-4-3-7-14(15)2/h3-9,12,17H,10-11H2,1-2H3. The topological polar surface area (TPSA) is 12.0 Å². The smallest absolute Gasteiger partial charge is 0.0342 e. The Bertz CT molecular complexity index is 488. The van der Waals surface area contributed by atoms with Crippen LogP contribution in [0.25, 0.3) is 0 Å². The van der Waals surface area contributed by atoms with Gasteiger partial charge in [0.05, 0.1) is 0 Å². The fourth-order valence-electron chi connectivity index (χ4n) is 1.99. The second-order valence-electron chi connectivity index (χ2n) is 4.47. The van der Waals surface area contributed by atoms with Gasteiger partial charge in [-0.25, -0.2) is 0 Å². The van der Waals surface area contributed by atoms with Gasteiger partial charge < -0.3 is 5.32 Å². The summed E-state index contributed by atoms with van der Waals surface area (Å²) in [5.41, 5.74) is 5.30. The van der Waals surface area contributed by atoms with Crippen LogP contribution in [0.1, 0.15) is 16.7 Å². The molecule has 0 aliphatic rings. The van der Waals surface area contributed by atoms with Crippen molar-refractivity contribution in [1.29, 1.82) is 0 Å². The van der Waals surface area contributed by atoms with Gasteiger partial charge in [0.2, 0.25) is 0 Å². The second kappa shape index (κ2) is 5.53. The predicted octanol–water partition coefficient (Wildman–Crippen LogP) is 3.96. The zero-order chi connectivity index (χ0) is 12.1. The molecule has 0 unspecified atom stereocenters. The molecule has 0 atom stereocenters. The molecule has 0 fully saturated rings. The number of nitrogens with one attached hydrogen (secondary N) is 1. The van der Waals surface area contributed by atoms with Gasteiger partial charge in [-0.05, 0) is 49.1 Å². The molecule has 88 valence electrons. The van der Waals surface area contributed by atoms with Crippen LogP contribution in [0.4, 0.5) is 5.69 Å². The van der Waals surface area contributed by atoms with Gasteiger partial charge in [-0.2, -0.15) is 0 Å². The molecular formula is C16H19N. The van der Waals surface area contributed by atoms with Gasteiger partial charge in [0.25, 0.3) is 0 Å². The first-order chi connectivity index (χ1) is 8.25. The Morgan fingerprint density at radius 1 is 0.941 bits per heavy atom. The number of hydrogen-bond donors (Lipinski definition) is 1. The van der Waals surface area contributed by atoms with Crippen LogP contribution in [0.5, 0.6) is 0 Å². The molecule has 1 heteroatoms. The van der Waals surface area contributed by atoms with Gasteiger partial charge in [-0.3, -0.25) is 0 Å². The zero-order valence-electron chi connectivity index (χ0n) is 10.5. The van der Waals surface area contributed by atoms with E-state index < -0.39 is 0 Å². The molecule has 0 aliphatic carbocycles. The molecule has 0 radical (unpaired) electrons.